The number of carbonyl (C=O) groups is 1. The molecular formula is C16H23NO2. The first-order valence-corrected chi connectivity index (χ1v) is 6.96. The molecule has 3 nitrogen and oxygen atoms in total. The number of ether oxygens (including phenoxy) is 1. The molecule has 1 atom stereocenters. The van der Waals surface area contributed by atoms with Crippen LogP contribution in [0.1, 0.15) is 39.2 Å². The first-order valence-electron chi connectivity index (χ1n) is 6.96. The second-order valence-corrected chi connectivity index (χ2v) is 6.15. The molecule has 1 aliphatic rings. The summed E-state index contributed by atoms with van der Waals surface area (Å²) in [7, 11) is 0. The van der Waals surface area contributed by atoms with Crippen molar-refractivity contribution in [1.82, 2.24) is 4.90 Å². The molecule has 104 valence electrons. The van der Waals surface area contributed by atoms with Crippen LogP contribution in [-0.2, 0) is 16.1 Å². The van der Waals surface area contributed by atoms with E-state index < -0.39 is 5.60 Å². The van der Waals surface area contributed by atoms with E-state index in [1.54, 1.807) is 0 Å². The van der Waals surface area contributed by atoms with Crippen LogP contribution < -0.4 is 0 Å². The molecule has 0 spiro atoms. The molecule has 0 aliphatic carbocycles. The molecule has 1 saturated heterocycles. The predicted octanol–water partition coefficient (Wildman–Crippen LogP) is 2.99. The van der Waals surface area contributed by atoms with E-state index in [4.69, 9.17) is 4.74 Å². The van der Waals surface area contributed by atoms with Crippen molar-refractivity contribution in [3.8, 4) is 0 Å². The molecule has 1 heterocycles. The number of carbonyl (C=O) groups excluding carboxylic acids is 1. The highest BCUT2D eigenvalue weighted by Crippen LogP contribution is 2.23. The lowest BCUT2D eigenvalue weighted by Gasteiger charge is -2.27. The summed E-state index contributed by atoms with van der Waals surface area (Å²) >= 11 is 0. The Morgan fingerprint density at radius 3 is 2.63 bits per heavy atom. The summed E-state index contributed by atoms with van der Waals surface area (Å²) in [6.07, 6.45) is 1.97. The molecule has 19 heavy (non-hydrogen) atoms. The van der Waals surface area contributed by atoms with Gasteiger partial charge in [-0.05, 0) is 45.7 Å². The van der Waals surface area contributed by atoms with E-state index in [-0.39, 0.29) is 12.0 Å². The van der Waals surface area contributed by atoms with Crippen molar-refractivity contribution in [2.75, 3.05) is 6.54 Å². The Balaban J connectivity index is 1.99. The fraction of sp³-hybridized carbons (Fsp3) is 0.562. The highest BCUT2D eigenvalue weighted by Gasteiger charge is 2.33. The first-order chi connectivity index (χ1) is 8.96. The maximum atomic E-state index is 12.2. The van der Waals surface area contributed by atoms with Gasteiger partial charge in [-0.3, -0.25) is 9.69 Å². The topological polar surface area (TPSA) is 29.5 Å². The third-order valence-corrected chi connectivity index (χ3v) is 3.27. The number of esters is 1. The summed E-state index contributed by atoms with van der Waals surface area (Å²) in [4.78, 5) is 14.4. The van der Waals surface area contributed by atoms with Crippen molar-refractivity contribution < 1.29 is 9.53 Å². The highest BCUT2D eigenvalue weighted by molar-refractivity contribution is 5.76. The molecule has 0 unspecified atom stereocenters. The zero-order valence-corrected chi connectivity index (χ0v) is 12.1. The van der Waals surface area contributed by atoms with E-state index in [0.29, 0.717) is 0 Å². The van der Waals surface area contributed by atoms with E-state index in [1.165, 1.54) is 5.56 Å². The summed E-state index contributed by atoms with van der Waals surface area (Å²) in [5.41, 5.74) is 0.843. The summed E-state index contributed by atoms with van der Waals surface area (Å²) in [5.74, 6) is -0.0825. The molecule has 0 saturated carbocycles. The van der Waals surface area contributed by atoms with Gasteiger partial charge in [0, 0.05) is 6.54 Å². The Bertz CT molecular complexity index is 422. The molecule has 0 amide bonds. The van der Waals surface area contributed by atoms with Crippen LogP contribution in [0.5, 0.6) is 0 Å². The van der Waals surface area contributed by atoms with Gasteiger partial charge in [0.05, 0.1) is 0 Å². The van der Waals surface area contributed by atoms with Crippen molar-refractivity contribution in [1.29, 1.82) is 0 Å². The molecule has 3 heteroatoms. The average Bonchev–Trinajstić information content (AvgIpc) is 2.76. The lowest BCUT2D eigenvalue weighted by atomic mass is 10.1. The van der Waals surface area contributed by atoms with Crippen LogP contribution >= 0.6 is 0 Å². The van der Waals surface area contributed by atoms with Crippen LogP contribution in [0.2, 0.25) is 0 Å². The van der Waals surface area contributed by atoms with Crippen molar-refractivity contribution in [2.45, 2.75) is 51.8 Å². The zero-order chi connectivity index (χ0) is 13.9. The second-order valence-electron chi connectivity index (χ2n) is 6.15. The molecular weight excluding hydrogens is 238 g/mol. The quantitative estimate of drug-likeness (QED) is 0.783. The standard InChI is InChI=1S/C16H23NO2/c1-16(2,3)19-15(18)14-10-7-11-17(14)12-13-8-5-4-6-9-13/h4-6,8-9,14H,7,10-12H2,1-3H3/t14-/m0/s1. The monoisotopic (exact) mass is 261 g/mol. The minimum absolute atomic E-state index is 0.0825. The Labute approximate surface area is 115 Å². The van der Waals surface area contributed by atoms with Crippen LogP contribution in [0.25, 0.3) is 0 Å². The molecule has 1 aliphatic heterocycles. The van der Waals surface area contributed by atoms with Gasteiger partial charge in [-0.15, -0.1) is 0 Å². The summed E-state index contributed by atoms with van der Waals surface area (Å²) in [6, 6.07) is 10.2. The van der Waals surface area contributed by atoms with E-state index >= 15 is 0 Å². The van der Waals surface area contributed by atoms with E-state index in [1.807, 2.05) is 39.0 Å². The van der Waals surface area contributed by atoms with Crippen LogP contribution in [-0.4, -0.2) is 29.1 Å². The normalized spacial score (nSPS) is 20.5. The van der Waals surface area contributed by atoms with Crippen molar-refractivity contribution in [3.63, 3.8) is 0 Å². The van der Waals surface area contributed by atoms with Gasteiger partial charge in [0.25, 0.3) is 0 Å². The number of rotatable bonds is 3. The van der Waals surface area contributed by atoms with E-state index in [0.717, 1.165) is 25.9 Å². The third-order valence-electron chi connectivity index (χ3n) is 3.27. The van der Waals surface area contributed by atoms with Gasteiger partial charge in [0.15, 0.2) is 0 Å². The summed E-state index contributed by atoms with van der Waals surface area (Å²) in [6.45, 7) is 7.55. The van der Waals surface area contributed by atoms with Crippen molar-refractivity contribution in [3.05, 3.63) is 35.9 Å². The van der Waals surface area contributed by atoms with Crippen LogP contribution in [0.3, 0.4) is 0 Å². The summed E-state index contributed by atoms with van der Waals surface area (Å²) < 4.78 is 5.51. The number of hydrogen-bond acceptors (Lipinski definition) is 3. The van der Waals surface area contributed by atoms with E-state index in [2.05, 4.69) is 17.0 Å². The van der Waals surface area contributed by atoms with Gasteiger partial charge < -0.3 is 4.74 Å². The van der Waals surface area contributed by atoms with E-state index in [9.17, 15) is 4.79 Å². The highest BCUT2D eigenvalue weighted by atomic mass is 16.6. The maximum Gasteiger partial charge on any atom is 0.323 e. The Hall–Kier alpha value is -1.35. The molecule has 1 aromatic carbocycles. The first kappa shape index (κ1) is 14.1. The van der Waals surface area contributed by atoms with Gasteiger partial charge in [0.2, 0.25) is 0 Å². The van der Waals surface area contributed by atoms with Gasteiger partial charge in [-0.2, -0.15) is 0 Å². The average molecular weight is 261 g/mol. The second kappa shape index (κ2) is 5.74. The van der Waals surface area contributed by atoms with Crippen molar-refractivity contribution >= 4 is 5.97 Å². The van der Waals surface area contributed by atoms with Crippen LogP contribution in [0.15, 0.2) is 30.3 Å². The molecule has 1 fully saturated rings. The largest absolute Gasteiger partial charge is 0.459 e. The van der Waals surface area contributed by atoms with Gasteiger partial charge >= 0.3 is 5.97 Å². The number of nitrogens with zero attached hydrogens (tertiary/aromatic N) is 1. The number of hydrogen-bond donors (Lipinski definition) is 0. The summed E-state index contributed by atoms with van der Waals surface area (Å²) in [5, 5.41) is 0. The Morgan fingerprint density at radius 1 is 1.32 bits per heavy atom. The van der Waals surface area contributed by atoms with Crippen LogP contribution in [0.4, 0.5) is 0 Å². The molecule has 0 N–H and O–H groups in total. The lowest BCUT2D eigenvalue weighted by Crippen LogP contribution is -2.40. The maximum absolute atomic E-state index is 12.2. The van der Waals surface area contributed by atoms with Gasteiger partial charge in [0.1, 0.15) is 11.6 Å². The molecule has 0 aromatic heterocycles. The van der Waals surface area contributed by atoms with Crippen molar-refractivity contribution in [2.24, 2.45) is 0 Å². The molecule has 2 rings (SSSR count). The minimum Gasteiger partial charge on any atom is -0.459 e. The predicted molar refractivity (Wildman–Crippen MR) is 75.7 cm³/mol. The van der Waals surface area contributed by atoms with Crippen LogP contribution in [0, 0.1) is 0 Å². The molecule has 0 bridgehead atoms. The smallest absolute Gasteiger partial charge is 0.323 e. The lowest BCUT2D eigenvalue weighted by molar-refractivity contribution is -0.160. The molecule has 1 aromatic rings. The minimum atomic E-state index is -0.405. The number of benzene rings is 1. The fourth-order valence-corrected chi connectivity index (χ4v) is 2.47. The number of likely N-dealkylation sites (tertiary alicyclic amines) is 1. The van der Waals surface area contributed by atoms with Gasteiger partial charge in [-0.1, -0.05) is 30.3 Å². The van der Waals surface area contributed by atoms with Gasteiger partial charge in [-0.25, -0.2) is 0 Å². The zero-order valence-electron chi connectivity index (χ0n) is 12.1. The SMILES string of the molecule is CC(C)(C)OC(=O)[C@@H]1CCCN1Cc1ccccc1. The Kier molecular flexibility index (Phi) is 4.25. The fourth-order valence-electron chi connectivity index (χ4n) is 2.47. The molecule has 0 radical (unpaired) electrons. The Morgan fingerprint density at radius 2 is 2.00 bits per heavy atom. The third kappa shape index (κ3) is 4.06.